The first-order valence-electron chi connectivity index (χ1n) is 31.2. The lowest BCUT2D eigenvalue weighted by Gasteiger charge is -2.18. The van der Waals surface area contributed by atoms with Crippen LogP contribution in [0.1, 0.15) is 355 Å². The molecule has 0 rings (SSSR count). The molecule has 69 heavy (non-hydrogen) atoms. The molecule has 0 bridgehead atoms. The zero-order valence-corrected chi connectivity index (χ0v) is 46.9. The topological polar surface area (TPSA) is 78.9 Å². The summed E-state index contributed by atoms with van der Waals surface area (Å²) in [6.45, 7) is 6.71. The maximum Gasteiger partial charge on any atom is 0.306 e. The third kappa shape index (κ3) is 56.9. The first kappa shape index (κ1) is 67.1. The van der Waals surface area contributed by atoms with Crippen molar-refractivity contribution in [2.75, 3.05) is 13.2 Å². The van der Waals surface area contributed by atoms with E-state index in [-0.39, 0.29) is 31.1 Å². The van der Waals surface area contributed by atoms with Crippen LogP contribution in [-0.4, -0.2) is 37.2 Å². The Labute approximate surface area is 431 Å². The zero-order valence-electron chi connectivity index (χ0n) is 46.9. The molecule has 0 saturated carbocycles. The lowest BCUT2D eigenvalue weighted by Crippen LogP contribution is -2.30. The molecule has 0 aliphatic heterocycles. The highest BCUT2D eigenvalue weighted by Crippen LogP contribution is 2.18. The average Bonchev–Trinajstić information content (AvgIpc) is 3.35. The molecule has 0 amide bonds. The van der Waals surface area contributed by atoms with Crippen LogP contribution >= 0.6 is 0 Å². The van der Waals surface area contributed by atoms with E-state index >= 15 is 0 Å². The smallest absolute Gasteiger partial charge is 0.306 e. The molecule has 408 valence electrons. The molecule has 0 fully saturated rings. The second-order valence-corrected chi connectivity index (χ2v) is 21.3. The summed E-state index contributed by atoms with van der Waals surface area (Å²) in [5.74, 6) is -0.837. The molecule has 6 heteroatoms. The van der Waals surface area contributed by atoms with Crippen molar-refractivity contribution in [1.29, 1.82) is 0 Å². The van der Waals surface area contributed by atoms with Gasteiger partial charge in [-0.05, 0) is 44.9 Å². The number of hydrogen-bond donors (Lipinski definition) is 0. The molecule has 6 nitrogen and oxygen atoms in total. The molecule has 0 aromatic rings. The Balaban J connectivity index is 4.27. The highest BCUT2D eigenvalue weighted by atomic mass is 16.6. The third-order valence-corrected chi connectivity index (χ3v) is 14.3. The van der Waals surface area contributed by atoms with Gasteiger partial charge in [0.2, 0.25) is 0 Å². The van der Waals surface area contributed by atoms with Crippen molar-refractivity contribution in [3.05, 3.63) is 12.2 Å². The Bertz CT molecular complexity index is 1070. The number of rotatable bonds is 58. The van der Waals surface area contributed by atoms with Gasteiger partial charge < -0.3 is 14.2 Å². The quantitative estimate of drug-likeness (QED) is 0.0261. The molecule has 0 aromatic heterocycles. The molecular weight excluding hydrogens is 853 g/mol. The number of carbonyl (C=O) groups excluding carboxylic acids is 3. The maximum atomic E-state index is 12.9. The molecule has 0 aliphatic rings. The van der Waals surface area contributed by atoms with E-state index < -0.39 is 6.10 Å². The highest BCUT2D eigenvalue weighted by molar-refractivity contribution is 5.71. The van der Waals surface area contributed by atoms with Crippen molar-refractivity contribution < 1.29 is 28.6 Å². The summed E-state index contributed by atoms with van der Waals surface area (Å²) < 4.78 is 16.9. The van der Waals surface area contributed by atoms with Crippen molar-refractivity contribution >= 4 is 17.9 Å². The van der Waals surface area contributed by atoms with Crippen LogP contribution in [0.15, 0.2) is 12.2 Å². The van der Waals surface area contributed by atoms with Crippen LogP contribution in [0.4, 0.5) is 0 Å². The molecule has 0 radical (unpaired) electrons. The fraction of sp³-hybridized carbons (Fsp3) is 0.921. The molecule has 0 heterocycles. The van der Waals surface area contributed by atoms with Crippen LogP contribution in [0, 0.1) is 0 Å². The lowest BCUT2D eigenvalue weighted by molar-refractivity contribution is -0.167. The van der Waals surface area contributed by atoms with Crippen molar-refractivity contribution in [2.45, 2.75) is 361 Å². The van der Waals surface area contributed by atoms with Crippen LogP contribution in [-0.2, 0) is 28.6 Å². The van der Waals surface area contributed by atoms with Crippen LogP contribution in [0.5, 0.6) is 0 Å². The van der Waals surface area contributed by atoms with Crippen molar-refractivity contribution in [1.82, 2.24) is 0 Å². The third-order valence-electron chi connectivity index (χ3n) is 14.3. The summed E-state index contributed by atoms with van der Waals surface area (Å²) in [6, 6.07) is 0. The summed E-state index contributed by atoms with van der Waals surface area (Å²) in [4.78, 5) is 38.2. The zero-order chi connectivity index (χ0) is 50.0. The van der Waals surface area contributed by atoms with Crippen molar-refractivity contribution in [3.8, 4) is 0 Å². The SMILES string of the molecule is CCCCCCCCCC/C=C\CCCCCCCCCCCC(=O)OCC(COC(=O)CCCCCCCCCCCCCCCCC)OC(=O)CCCCCCCCCCCCCCCCC. The van der Waals surface area contributed by atoms with Crippen molar-refractivity contribution in [3.63, 3.8) is 0 Å². The lowest BCUT2D eigenvalue weighted by atomic mass is 10.0. The number of esters is 3. The highest BCUT2D eigenvalue weighted by Gasteiger charge is 2.19. The minimum atomic E-state index is -0.765. The second-order valence-electron chi connectivity index (χ2n) is 21.3. The summed E-state index contributed by atoms with van der Waals surface area (Å²) in [5, 5.41) is 0. The summed E-state index contributed by atoms with van der Waals surface area (Å²) >= 11 is 0. The first-order chi connectivity index (χ1) is 34.0. The summed E-state index contributed by atoms with van der Waals surface area (Å²) in [5.41, 5.74) is 0. The van der Waals surface area contributed by atoms with Crippen LogP contribution < -0.4 is 0 Å². The predicted molar refractivity (Wildman–Crippen MR) is 298 cm³/mol. The van der Waals surface area contributed by atoms with Gasteiger partial charge in [0.1, 0.15) is 13.2 Å². The van der Waals surface area contributed by atoms with E-state index in [1.165, 1.54) is 257 Å². The second kappa shape index (κ2) is 58.7. The number of ether oxygens (including phenoxy) is 3. The largest absolute Gasteiger partial charge is 0.462 e. The molecule has 1 atom stereocenters. The monoisotopic (exact) mass is 973 g/mol. The Hall–Kier alpha value is -1.85. The Morgan fingerprint density at radius 3 is 0.725 bits per heavy atom. The normalized spacial score (nSPS) is 12.0. The number of hydrogen-bond acceptors (Lipinski definition) is 6. The minimum Gasteiger partial charge on any atom is -0.462 e. The van der Waals surface area contributed by atoms with E-state index in [1.807, 2.05) is 0 Å². The van der Waals surface area contributed by atoms with Gasteiger partial charge in [0.15, 0.2) is 6.10 Å². The molecule has 0 aliphatic carbocycles. The van der Waals surface area contributed by atoms with Crippen LogP contribution in [0.3, 0.4) is 0 Å². The Morgan fingerprint density at radius 2 is 0.478 bits per heavy atom. The van der Waals surface area contributed by atoms with Crippen LogP contribution in [0.25, 0.3) is 0 Å². The summed E-state index contributed by atoms with van der Waals surface area (Å²) in [7, 11) is 0. The Kier molecular flexibility index (Phi) is 57.1. The van der Waals surface area contributed by atoms with Gasteiger partial charge in [-0.25, -0.2) is 0 Å². The number of carbonyl (C=O) groups is 3. The predicted octanol–water partition coefficient (Wildman–Crippen LogP) is 20.9. The van der Waals surface area contributed by atoms with Gasteiger partial charge in [-0.15, -0.1) is 0 Å². The van der Waals surface area contributed by atoms with E-state index in [9.17, 15) is 14.4 Å². The molecule has 0 spiro atoms. The summed E-state index contributed by atoms with van der Waals surface area (Å²) in [6.07, 6.45) is 67.8. The fourth-order valence-corrected chi connectivity index (χ4v) is 9.56. The number of unbranched alkanes of at least 4 members (excludes halogenated alkanes) is 45. The van der Waals surface area contributed by atoms with E-state index in [4.69, 9.17) is 14.2 Å². The van der Waals surface area contributed by atoms with E-state index in [2.05, 4.69) is 32.9 Å². The molecule has 1 unspecified atom stereocenters. The molecule has 0 aromatic carbocycles. The van der Waals surface area contributed by atoms with Gasteiger partial charge in [0.05, 0.1) is 0 Å². The molecule has 0 saturated heterocycles. The maximum absolute atomic E-state index is 12.9. The number of allylic oxidation sites excluding steroid dienone is 2. The van der Waals surface area contributed by atoms with E-state index in [1.54, 1.807) is 0 Å². The van der Waals surface area contributed by atoms with Gasteiger partial charge >= 0.3 is 17.9 Å². The van der Waals surface area contributed by atoms with Gasteiger partial charge in [0, 0.05) is 19.3 Å². The standard InChI is InChI=1S/C63H120O6/c1-4-7-10-13-16-19-22-25-28-29-30-31-32-33-36-38-41-44-47-50-53-56-62(65)68-59-60(69-63(66)57-54-51-48-45-42-39-35-27-24-21-18-15-12-9-6-3)58-67-61(64)55-52-49-46-43-40-37-34-26-23-20-17-14-11-8-5-2/h29-30,60H,4-28,31-59H2,1-3H3/b30-29-. The van der Waals surface area contributed by atoms with Gasteiger partial charge in [-0.1, -0.05) is 303 Å². The van der Waals surface area contributed by atoms with E-state index in [0.29, 0.717) is 19.3 Å². The Morgan fingerprint density at radius 1 is 0.275 bits per heavy atom. The minimum absolute atomic E-state index is 0.0640. The molecule has 0 N–H and O–H groups in total. The van der Waals surface area contributed by atoms with Crippen molar-refractivity contribution in [2.24, 2.45) is 0 Å². The first-order valence-corrected chi connectivity index (χ1v) is 31.2. The van der Waals surface area contributed by atoms with Gasteiger partial charge in [-0.3, -0.25) is 14.4 Å². The van der Waals surface area contributed by atoms with Gasteiger partial charge in [0.25, 0.3) is 0 Å². The average molecular weight is 974 g/mol. The van der Waals surface area contributed by atoms with Gasteiger partial charge in [-0.2, -0.15) is 0 Å². The van der Waals surface area contributed by atoms with Crippen LogP contribution in [0.2, 0.25) is 0 Å². The fourth-order valence-electron chi connectivity index (χ4n) is 9.56. The molecular formula is C63H120O6. The van der Waals surface area contributed by atoms with E-state index in [0.717, 1.165) is 57.8 Å².